The molecule has 9 unspecified atom stereocenters. The zero-order chi connectivity index (χ0) is 43.4. The second-order valence-corrected chi connectivity index (χ2v) is 15.1. The van der Waals surface area contributed by atoms with Gasteiger partial charge in [-0.3, -0.25) is 18.9 Å². The Hall–Kier alpha value is -2.40. The Kier molecular flexibility index (Phi) is 17.0. The summed E-state index contributed by atoms with van der Waals surface area (Å²) in [6, 6.07) is -6.41. The Morgan fingerprint density at radius 2 is 0.948 bits per heavy atom. The maximum Gasteiger partial charge on any atom is 0.397 e. The second kappa shape index (κ2) is 20.4. The molecule has 0 aromatic heterocycles. The summed E-state index contributed by atoms with van der Waals surface area (Å²) in [5, 5.41) is 103. The van der Waals surface area contributed by atoms with Gasteiger partial charge in [0.2, 0.25) is 17.7 Å². The monoisotopic (exact) mass is 868 g/mol. The minimum Gasteiger partial charge on any atom is -0.394 e. The van der Waals surface area contributed by atoms with Crippen molar-refractivity contribution in [3.05, 3.63) is 0 Å². The van der Waals surface area contributed by atoms with Gasteiger partial charge in [0.05, 0.1) is 32.5 Å². The molecule has 0 aromatic rings. The molecule has 20 atom stereocenters. The number of rotatable bonds is 15. The first kappa shape index (κ1) is 48.3. The number of amides is 3. The summed E-state index contributed by atoms with van der Waals surface area (Å²) in [6.07, 6.45) is -28.0. The molecule has 27 nitrogen and oxygen atoms in total. The quantitative estimate of drug-likeness (QED) is 0.0680. The molecule has 4 rings (SSSR count). The maximum atomic E-state index is 12.4. The molecule has 28 heteroatoms. The van der Waals surface area contributed by atoms with E-state index in [1.165, 1.54) is 0 Å². The van der Waals surface area contributed by atoms with E-state index in [0.717, 1.165) is 20.8 Å². The number of aliphatic hydroxyl groups is 9. The average Bonchev–Trinajstić information content (AvgIpc) is 3.14. The van der Waals surface area contributed by atoms with Gasteiger partial charge in [-0.25, -0.2) is 4.18 Å². The van der Waals surface area contributed by atoms with E-state index in [0.29, 0.717) is 0 Å². The molecular formula is C30H52N4O23S. The number of carbonyl (C=O) groups excluding carboxylic acids is 3. The third-order valence-corrected chi connectivity index (χ3v) is 10.1. The van der Waals surface area contributed by atoms with E-state index in [1.54, 1.807) is 0 Å². The molecule has 4 aliphatic rings. The van der Waals surface area contributed by atoms with Crippen LogP contribution in [0.5, 0.6) is 0 Å². The van der Waals surface area contributed by atoms with Crippen LogP contribution in [0.1, 0.15) is 20.8 Å². The third kappa shape index (κ3) is 11.5. The molecule has 336 valence electrons. The van der Waals surface area contributed by atoms with Crippen LogP contribution in [0.3, 0.4) is 0 Å². The summed E-state index contributed by atoms with van der Waals surface area (Å²) in [5.41, 5.74) is 5.97. The molecule has 0 aromatic carbocycles. The Bertz CT molecular complexity index is 1500. The van der Waals surface area contributed by atoms with Crippen molar-refractivity contribution in [3.63, 3.8) is 0 Å². The lowest BCUT2D eigenvalue weighted by Gasteiger charge is -2.50. The molecule has 3 amide bonds. The molecule has 0 aliphatic carbocycles. The van der Waals surface area contributed by atoms with Crippen molar-refractivity contribution in [1.82, 2.24) is 16.0 Å². The molecular weight excluding hydrogens is 816 g/mol. The van der Waals surface area contributed by atoms with Crippen LogP contribution in [0.4, 0.5) is 0 Å². The van der Waals surface area contributed by atoms with Gasteiger partial charge >= 0.3 is 10.4 Å². The van der Waals surface area contributed by atoms with Crippen molar-refractivity contribution < 1.29 is 111 Å². The molecule has 4 fully saturated rings. The number of aliphatic hydroxyl groups excluding tert-OH is 9. The predicted molar refractivity (Wildman–Crippen MR) is 181 cm³/mol. The van der Waals surface area contributed by atoms with Crippen molar-refractivity contribution in [2.75, 3.05) is 26.4 Å². The Morgan fingerprint density at radius 1 is 0.569 bits per heavy atom. The van der Waals surface area contributed by atoms with Gasteiger partial charge in [0.25, 0.3) is 0 Å². The topological polar surface area (TPSA) is 424 Å². The minimum absolute atomic E-state index is 0.757. The Morgan fingerprint density at radius 3 is 1.36 bits per heavy atom. The Labute approximate surface area is 330 Å². The van der Waals surface area contributed by atoms with Gasteiger partial charge in [-0.05, 0) is 0 Å². The third-order valence-electron chi connectivity index (χ3n) is 9.69. The fourth-order valence-corrected chi connectivity index (χ4v) is 7.26. The van der Waals surface area contributed by atoms with Crippen LogP contribution in [-0.4, -0.2) is 226 Å². The van der Waals surface area contributed by atoms with Gasteiger partial charge < -0.3 is 101 Å². The minimum atomic E-state index is -5.13. The van der Waals surface area contributed by atoms with Crippen LogP contribution < -0.4 is 21.7 Å². The number of hydrogen-bond donors (Lipinski definition) is 14. The summed E-state index contributed by atoms with van der Waals surface area (Å²) in [6.45, 7) is -0.659. The van der Waals surface area contributed by atoms with E-state index in [-0.39, 0.29) is 0 Å². The largest absolute Gasteiger partial charge is 0.397 e. The molecule has 0 radical (unpaired) electrons. The smallest absolute Gasteiger partial charge is 0.394 e. The fraction of sp³-hybridized carbons (Fsp3) is 0.900. The van der Waals surface area contributed by atoms with E-state index in [4.69, 9.17) is 43.4 Å². The molecule has 58 heavy (non-hydrogen) atoms. The first-order valence-electron chi connectivity index (χ1n) is 17.8. The standard InChI is InChI=1S/C30H52N4O23S/c1-8(38)32-16-21(43)26(14(51-27(16)46)7-50-58(47,48)49)57-30-18(34-10(3)40)23(45)25(13(6-37)54-30)56-29-17(33-9(2)39)22(44)24(12(5-36)53-29)55-28-15(31)20(42)19(41)11(4-35)52-28/h11-30,35-37,41-46H,4-7,31H2,1-3H3,(H,32,38)(H,33,39)(H,34,40)(H,47,48,49)/t11?,12-,13?,14-,15?,16?,17?,18?,19+,20-,21?,22?,23-,24-,25+,26-,27?,28+,29-,30+/m1/s1. The molecule has 4 saturated heterocycles. The van der Waals surface area contributed by atoms with Crippen LogP contribution in [0.2, 0.25) is 0 Å². The van der Waals surface area contributed by atoms with Crippen molar-refractivity contribution in [3.8, 4) is 0 Å². The van der Waals surface area contributed by atoms with Crippen molar-refractivity contribution >= 4 is 28.1 Å². The predicted octanol–water partition coefficient (Wildman–Crippen LogP) is -9.52. The molecule has 0 saturated carbocycles. The number of nitrogens with one attached hydrogen (secondary N) is 3. The van der Waals surface area contributed by atoms with Crippen LogP contribution in [0.15, 0.2) is 0 Å². The highest BCUT2D eigenvalue weighted by Crippen LogP contribution is 2.34. The van der Waals surface area contributed by atoms with Gasteiger partial charge in [-0.15, -0.1) is 0 Å². The zero-order valence-electron chi connectivity index (χ0n) is 31.1. The molecule has 0 spiro atoms. The normalized spacial score (nSPS) is 43.6. The number of nitrogens with two attached hydrogens (primary N) is 1. The van der Waals surface area contributed by atoms with Crippen LogP contribution >= 0.6 is 0 Å². The molecule has 4 heterocycles. The lowest BCUT2D eigenvalue weighted by atomic mass is 9.93. The van der Waals surface area contributed by atoms with Gasteiger partial charge in [-0.1, -0.05) is 0 Å². The van der Waals surface area contributed by atoms with Gasteiger partial charge in [0.1, 0.15) is 91.4 Å². The summed E-state index contributed by atoms with van der Waals surface area (Å²) >= 11 is 0. The highest BCUT2D eigenvalue weighted by atomic mass is 32.3. The highest BCUT2D eigenvalue weighted by molar-refractivity contribution is 7.80. The lowest BCUT2D eigenvalue weighted by molar-refractivity contribution is -0.361. The van der Waals surface area contributed by atoms with Crippen molar-refractivity contribution in [2.45, 2.75) is 143 Å². The summed E-state index contributed by atoms with van der Waals surface area (Å²) in [4.78, 5) is 36.6. The van der Waals surface area contributed by atoms with Gasteiger partial charge in [0, 0.05) is 20.8 Å². The van der Waals surface area contributed by atoms with Crippen LogP contribution in [0, 0.1) is 0 Å². The molecule has 0 bridgehead atoms. The first-order valence-corrected chi connectivity index (χ1v) is 19.2. The summed E-state index contributed by atoms with van der Waals surface area (Å²) < 4.78 is 76.4. The van der Waals surface area contributed by atoms with E-state index in [2.05, 4.69) is 20.1 Å². The van der Waals surface area contributed by atoms with Gasteiger partial charge in [0.15, 0.2) is 25.2 Å². The van der Waals surface area contributed by atoms with Crippen LogP contribution in [0.25, 0.3) is 0 Å². The summed E-state index contributed by atoms with van der Waals surface area (Å²) in [5.74, 6) is -2.34. The number of ether oxygens (including phenoxy) is 7. The number of carbonyl (C=O) groups is 3. The van der Waals surface area contributed by atoms with Crippen molar-refractivity contribution in [2.24, 2.45) is 5.73 Å². The molecule has 15 N–H and O–H groups in total. The van der Waals surface area contributed by atoms with Crippen LogP contribution in [-0.2, 0) is 62.1 Å². The van der Waals surface area contributed by atoms with Gasteiger partial charge in [-0.2, -0.15) is 8.42 Å². The highest BCUT2D eigenvalue weighted by Gasteiger charge is 2.56. The zero-order valence-corrected chi connectivity index (χ0v) is 32.0. The Balaban J connectivity index is 1.62. The van der Waals surface area contributed by atoms with E-state index in [9.17, 15) is 68.8 Å². The van der Waals surface area contributed by atoms with E-state index in [1.807, 2.05) is 0 Å². The number of hydrogen-bond acceptors (Lipinski definition) is 23. The maximum absolute atomic E-state index is 12.4. The first-order chi connectivity index (χ1) is 27.1. The van der Waals surface area contributed by atoms with Crippen molar-refractivity contribution in [1.29, 1.82) is 0 Å². The fourth-order valence-electron chi connectivity index (χ4n) is 6.95. The SMILES string of the molecule is CC(=O)NC1C(O)O[C@H](COS(=O)(=O)O)[C@@H](O[C@@H]2OC(CO)[C@H](O[C@H]3O[C@H](CO)[C@@H](O[C@@H]4OC(CO)[C@H](O)[C@H](O)C4N)C(O)C3NC(C)=O)[C@H](O)C2NC(C)=O)C1O. The lowest BCUT2D eigenvalue weighted by Crippen LogP contribution is -2.71. The van der Waals surface area contributed by atoms with E-state index >= 15 is 0 Å². The summed E-state index contributed by atoms with van der Waals surface area (Å²) in [7, 11) is -5.13. The molecule has 4 aliphatic heterocycles. The second-order valence-electron chi connectivity index (χ2n) is 14.0. The van der Waals surface area contributed by atoms with E-state index < -0.39 is 177 Å². The average molecular weight is 869 g/mol.